The topological polar surface area (TPSA) is 37.3 Å². The van der Waals surface area contributed by atoms with E-state index in [4.69, 9.17) is 14.6 Å². The molecule has 0 aromatic heterocycles. The molecule has 2 aromatic carbocycles. The van der Waals surface area contributed by atoms with Crippen LogP contribution < -0.4 is 9.47 Å². The molecule has 1 atom stereocenters. The molecule has 29 heavy (non-hydrogen) atoms. The lowest BCUT2D eigenvalue weighted by atomic mass is 9.90. The zero-order chi connectivity index (χ0) is 20.0. The van der Waals surface area contributed by atoms with E-state index in [0.717, 1.165) is 60.6 Å². The molecule has 0 N–H and O–H groups in total. The fourth-order valence-corrected chi connectivity index (χ4v) is 5.06. The lowest BCUT2D eigenvalue weighted by molar-refractivity contribution is -0.150. The van der Waals surface area contributed by atoms with Gasteiger partial charge >= 0.3 is 0 Å². The van der Waals surface area contributed by atoms with Crippen LogP contribution in [0, 0.1) is 0 Å². The first kappa shape index (κ1) is 18.9. The second kappa shape index (κ2) is 7.33. The molecule has 0 radical (unpaired) electrons. The van der Waals surface area contributed by atoms with Crippen LogP contribution in [0.5, 0.6) is 11.5 Å². The maximum Gasteiger partial charge on any atom is 0.200 e. The third-order valence-corrected chi connectivity index (χ3v) is 7.00. The Balaban J connectivity index is 1.57. The summed E-state index contributed by atoms with van der Waals surface area (Å²) >= 11 is 3.53. The van der Waals surface area contributed by atoms with E-state index in [1.165, 1.54) is 11.1 Å². The SMILES string of the molecule is CCN1CCC2(CC1)Oc1c(OC)cccc1C1CC(c3ccc(Br)cc3)=NN12. The number of halogens is 1. The zero-order valence-electron chi connectivity index (χ0n) is 16.9. The lowest BCUT2D eigenvalue weighted by Crippen LogP contribution is -2.59. The third-order valence-electron chi connectivity index (χ3n) is 6.47. The summed E-state index contributed by atoms with van der Waals surface area (Å²) in [6.07, 6.45) is 2.75. The molecule has 6 heteroatoms. The van der Waals surface area contributed by atoms with Gasteiger partial charge in [-0.2, -0.15) is 5.10 Å². The van der Waals surface area contributed by atoms with Crippen molar-refractivity contribution in [1.29, 1.82) is 0 Å². The fraction of sp³-hybridized carbons (Fsp3) is 0.435. The number of hydrogen-bond acceptors (Lipinski definition) is 5. The smallest absolute Gasteiger partial charge is 0.200 e. The first-order chi connectivity index (χ1) is 14.1. The van der Waals surface area contributed by atoms with Crippen molar-refractivity contribution in [3.05, 3.63) is 58.1 Å². The Hall–Kier alpha value is -2.05. The molecule has 1 spiro atoms. The average molecular weight is 456 g/mol. The molecule has 152 valence electrons. The standard InChI is InChI=1S/C23H26BrN3O2/c1-3-26-13-11-23(12-14-26)27-20(18-5-4-6-21(28-2)22(18)29-23)15-19(25-27)16-7-9-17(24)10-8-16/h4-10,20H,3,11-15H2,1-2H3. The Morgan fingerprint density at radius 3 is 2.62 bits per heavy atom. The zero-order valence-corrected chi connectivity index (χ0v) is 18.5. The van der Waals surface area contributed by atoms with Gasteiger partial charge in [0.1, 0.15) is 0 Å². The van der Waals surface area contributed by atoms with Crippen LogP contribution in [0.4, 0.5) is 0 Å². The number of para-hydroxylation sites is 1. The molecule has 0 saturated carbocycles. The number of piperidine rings is 1. The van der Waals surface area contributed by atoms with Crippen LogP contribution in [0.25, 0.3) is 0 Å². The Bertz CT molecular complexity index is 936. The largest absolute Gasteiger partial charge is 0.493 e. The van der Waals surface area contributed by atoms with Gasteiger partial charge in [-0.3, -0.25) is 0 Å². The van der Waals surface area contributed by atoms with Crippen LogP contribution in [0.3, 0.4) is 0 Å². The van der Waals surface area contributed by atoms with Gasteiger partial charge in [-0.05, 0) is 30.3 Å². The Kier molecular flexibility index (Phi) is 4.79. The van der Waals surface area contributed by atoms with Crippen LogP contribution in [-0.2, 0) is 0 Å². The summed E-state index contributed by atoms with van der Waals surface area (Å²) in [7, 11) is 1.72. The molecule has 2 aromatic rings. The molecule has 5 rings (SSSR count). The Morgan fingerprint density at radius 1 is 1.17 bits per heavy atom. The van der Waals surface area contributed by atoms with E-state index in [9.17, 15) is 0 Å². The molecule has 0 bridgehead atoms. The summed E-state index contributed by atoms with van der Waals surface area (Å²) in [4.78, 5) is 2.48. The minimum Gasteiger partial charge on any atom is -0.493 e. The number of likely N-dealkylation sites (tertiary alicyclic amines) is 1. The van der Waals surface area contributed by atoms with E-state index >= 15 is 0 Å². The molecule has 3 heterocycles. The highest BCUT2D eigenvalue weighted by Crippen LogP contribution is 2.52. The van der Waals surface area contributed by atoms with Crippen molar-refractivity contribution in [2.75, 3.05) is 26.7 Å². The number of nitrogens with zero attached hydrogens (tertiary/aromatic N) is 3. The summed E-state index contributed by atoms with van der Waals surface area (Å²) in [6.45, 7) is 5.34. The first-order valence-electron chi connectivity index (χ1n) is 10.3. The van der Waals surface area contributed by atoms with E-state index in [0.29, 0.717) is 0 Å². The second-order valence-electron chi connectivity index (χ2n) is 7.98. The maximum atomic E-state index is 6.75. The molecular weight excluding hydrogens is 430 g/mol. The molecule has 3 aliphatic heterocycles. The summed E-state index contributed by atoms with van der Waals surface area (Å²) in [6, 6.07) is 14.8. The second-order valence-corrected chi connectivity index (χ2v) is 8.89. The number of methoxy groups -OCH3 is 1. The normalized spacial score (nSPS) is 22.7. The van der Waals surface area contributed by atoms with Gasteiger partial charge in [-0.25, -0.2) is 5.01 Å². The first-order valence-corrected chi connectivity index (χ1v) is 11.1. The van der Waals surface area contributed by atoms with Crippen molar-refractivity contribution in [1.82, 2.24) is 9.91 Å². The van der Waals surface area contributed by atoms with Crippen LogP contribution in [0.1, 0.15) is 43.4 Å². The summed E-state index contributed by atoms with van der Waals surface area (Å²) < 4.78 is 13.5. The summed E-state index contributed by atoms with van der Waals surface area (Å²) in [5.74, 6) is 1.71. The van der Waals surface area contributed by atoms with Crippen molar-refractivity contribution < 1.29 is 9.47 Å². The van der Waals surface area contributed by atoms with Crippen LogP contribution >= 0.6 is 15.9 Å². The van der Waals surface area contributed by atoms with Gasteiger partial charge in [0.2, 0.25) is 5.72 Å². The van der Waals surface area contributed by atoms with E-state index in [1.54, 1.807) is 7.11 Å². The number of hydrogen-bond donors (Lipinski definition) is 0. The number of hydrazone groups is 1. The Morgan fingerprint density at radius 2 is 1.93 bits per heavy atom. The molecule has 1 unspecified atom stereocenters. The lowest BCUT2D eigenvalue weighted by Gasteiger charge is -2.51. The van der Waals surface area contributed by atoms with Crippen molar-refractivity contribution >= 4 is 21.6 Å². The van der Waals surface area contributed by atoms with Gasteiger partial charge in [-0.1, -0.05) is 47.1 Å². The van der Waals surface area contributed by atoms with Crippen molar-refractivity contribution in [2.45, 2.75) is 38.0 Å². The summed E-state index contributed by atoms with van der Waals surface area (Å²) in [5, 5.41) is 7.41. The molecule has 1 saturated heterocycles. The quantitative estimate of drug-likeness (QED) is 0.664. The van der Waals surface area contributed by atoms with Crippen molar-refractivity contribution in [2.24, 2.45) is 5.10 Å². The van der Waals surface area contributed by atoms with E-state index in [1.807, 2.05) is 6.07 Å². The number of rotatable bonds is 3. The summed E-state index contributed by atoms with van der Waals surface area (Å²) in [5.41, 5.74) is 3.06. The molecule has 5 nitrogen and oxygen atoms in total. The molecule has 0 aliphatic carbocycles. The monoisotopic (exact) mass is 455 g/mol. The Labute approximate surface area is 180 Å². The predicted molar refractivity (Wildman–Crippen MR) is 118 cm³/mol. The van der Waals surface area contributed by atoms with Gasteiger partial charge in [-0.15, -0.1) is 0 Å². The third kappa shape index (κ3) is 3.13. The van der Waals surface area contributed by atoms with Crippen LogP contribution in [-0.4, -0.2) is 48.1 Å². The minimum absolute atomic E-state index is 0.181. The number of ether oxygens (including phenoxy) is 2. The van der Waals surface area contributed by atoms with Crippen molar-refractivity contribution in [3.8, 4) is 11.5 Å². The highest BCUT2D eigenvalue weighted by atomic mass is 79.9. The average Bonchev–Trinajstić information content (AvgIpc) is 3.21. The van der Waals surface area contributed by atoms with Crippen molar-refractivity contribution in [3.63, 3.8) is 0 Å². The van der Waals surface area contributed by atoms with E-state index in [2.05, 4.69) is 69.2 Å². The van der Waals surface area contributed by atoms with Gasteiger partial charge in [0, 0.05) is 42.4 Å². The molecule has 3 aliphatic rings. The molecule has 1 fully saturated rings. The number of fused-ring (bicyclic) bond motifs is 4. The highest BCUT2D eigenvalue weighted by molar-refractivity contribution is 9.10. The van der Waals surface area contributed by atoms with Gasteiger partial charge < -0.3 is 14.4 Å². The predicted octanol–water partition coefficient (Wildman–Crippen LogP) is 4.81. The van der Waals surface area contributed by atoms with Crippen LogP contribution in [0.15, 0.2) is 52.0 Å². The van der Waals surface area contributed by atoms with Gasteiger partial charge in [0.05, 0.1) is 18.9 Å². The number of benzene rings is 2. The fourth-order valence-electron chi connectivity index (χ4n) is 4.80. The highest BCUT2D eigenvalue weighted by Gasteiger charge is 2.52. The van der Waals surface area contributed by atoms with E-state index in [-0.39, 0.29) is 6.04 Å². The van der Waals surface area contributed by atoms with Crippen LogP contribution in [0.2, 0.25) is 0 Å². The van der Waals surface area contributed by atoms with Gasteiger partial charge in [0.25, 0.3) is 0 Å². The molecule has 0 amide bonds. The maximum absolute atomic E-state index is 6.75. The van der Waals surface area contributed by atoms with E-state index < -0.39 is 5.72 Å². The van der Waals surface area contributed by atoms with Gasteiger partial charge in [0.15, 0.2) is 11.5 Å². The minimum atomic E-state index is -0.408. The molecular formula is C23H26BrN3O2.